The summed E-state index contributed by atoms with van der Waals surface area (Å²) in [6.07, 6.45) is 2.29. The second-order valence-corrected chi connectivity index (χ2v) is 8.49. The van der Waals surface area contributed by atoms with E-state index in [-0.39, 0.29) is 11.9 Å². The normalized spacial score (nSPS) is 14.4. The van der Waals surface area contributed by atoms with Crippen LogP contribution in [-0.2, 0) is 11.2 Å². The highest BCUT2D eigenvalue weighted by atomic mass is 16.1. The number of carbonyl (C=O) groups is 1. The topological polar surface area (TPSA) is 59.4 Å². The smallest absolute Gasteiger partial charge is 0.224 e. The molecule has 1 fully saturated rings. The van der Waals surface area contributed by atoms with Crippen molar-refractivity contribution in [3.8, 4) is 6.07 Å². The lowest BCUT2D eigenvalue weighted by Crippen LogP contribution is -2.46. The van der Waals surface area contributed by atoms with Crippen LogP contribution in [0.3, 0.4) is 0 Å². The van der Waals surface area contributed by atoms with Crippen molar-refractivity contribution < 1.29 is 4.79 Å². The Hall–Kier alpha value is -3.62. The van der Waals surface area contributed by atoms with Crippen molar-refractivity contribution in [1.29, 1.82) is 5.26 Å². The van der Waals surface area contributed by atoms with E-state index in [4.69, 9.17) is 5.26 Å². The van der Waals surface area contributed by atoms with Gasteiger partial charge in [-0.1, -0.05) is 48.5 Å². The van der Waals surface area contributed by atoms with Gasteiger partial charge < -0.3 is 15.1 Å². The zero-order valence-corrected chi connectivity index (χ0v) is 18.9. The molecule has 1 aliphatic rings. The zero-order valence-electron chi connectivity index (χ0n) is 18.9. The van der Waals surface area contributed by atoms with E-state index in [0.717, 1.165) is 44.6 Å². The second-order valence-electron chi connectivity index (χ2n) is 8.49. The number of rotatable bonds is 8. The standard InChI is InChI=1S/C28H30N4O/c29-22-24-13-11-23(12-14-24)21-28(33)30-25-15-17-31(18-16-25)19-20-32(26-7-3-1-4-8-26)27-9-5-2-6-10-27/h1-14,25H,15-21H2,(H,30,33). The van der Waals surface area contributed by atoms with Crippen LogP contribution in [-0.4, -0.2) is 43.0 Å². The van der Waals surface area contributed by atoms with Gasteiger partial charge in [0.25, 0.3) is 0 Å². The summed E-state index contributed by atoms with van der Waals surface area (Å²) in [5.74, 6) is 0.0532. The van der Waals surface area contributed by atoms with Crippen LogP contribution >= 0.6 is 0 Å². The number of carbonyl (C=O) groups excluding carboxylic acids is 1. The first-order valence-electron chi connectivity index (χ1n) is 11.6. The fourth-order valence-electron chi connectivity index (χ4n) is 4.33. The number of amides is 1. The molecule has 3 aromatic rings. The molecule has 0 radical (unpaired) electrons. The minimum Gasteiger partial charge on any atom is -0.353 e. The Kier molecular flexibility index (Phi) is 7.73. The van der Waals surface area contributed by atoms with Gasteiger partial charge in [0.1, 0.15) is 0 Å². The van der Waals surface area contributed by atoms with E-state index < -0.39 is 0 Å². The van der Waals surface area contributed by atoms with E-state index >= 15 is 0 Å². The molecule has 1 saturated heterocycles. The van der Waals surface area contributed by atoms with Crippen LogP contribution in [0.1, 0.15) is 24.0 Å². The number of benzene rings is 3. The van der Waals surface area contributed by atoms with Gasteiger partial charge in [-0.3, -0.25) is 4.79 Å². The minimum atomic E-state index is 0.0532. The second kappa shape index (κ2) is 11.3. The highest BCUT2D eigenvalue weighted by molar-refractivity contribution is 5.78. The molecule has 1 amide bonds. The molecule has 0 aliphatic carbocycles. The Labute approximate surface area is 196 Å². The number of nitrogens with one attached hydrogen (secondary N) is 1. The highest BCUT2D eigenvalue weighted by Gasteiger charge is 2.21. The summed E-state index contributed by atoms with van der Waals surface area (Å²) in [5, 5.41) is 12.1. The molecule has 168 valence electrons. The first kappa shape index (κ1) is 22.6. The lowest BCUT2D eigenvalue weighted by molar-refractivity contribution is -0.121. The molecule has 1 aliphatic heterocycles. The fourth-order valence-corrected chi connectivity index (χ4v) is 4.33. The third-order valence-electron chi connectivity index (χ3n) is 6.18. The van der Waals surface area contributed by atoms with Crippen LogP contribution in [0.2, 0.25) is 0 Å². The van der Waals surface area contributed by atoms with Gasteiger partial charge in [0.05, 0.1) is 18.1 Å². The first-order chi connectivity index (χ1) is 16.2. The predicted molar refractivity (Wildman–Crippen MR) is 132 cm³/mol. The summed E-state index contributed by atoms with van der Waals surface area (Å²) in [4.78, 5) is 17.3. The predicted octanol–water partition coefficient (Wildman–Crippen LogP) is 4.52. The van der Waals surface area contributed by atoms with Gasteiger partial charge in [0.2, 0.25) is 5.91 Å². The summed E-state index contributed by atoms with van der Waals surface area (Å²) >= 11 is 0. The maximum absolute atomic E-state index is 12.4. The number of hydrogen-bond donors (Lipinski definition) is 1. The van der Waals surface area contributed by atoms with Gasteiger partial charge in [0.15, 0.2) is 0 Å². The third-order valence-corrected chi connectivity index (χ3v) is 6.18. The van der Waals surface area contributed by atoms with Crippen molar-refractivity contribution in [3.05, 3.63) is 96.1 Å². The first-order valence-corrected chi connectivity index (χ1v) is 11.6. The summed E-state index contributed by atoms with van der Waals surface area (Å²) < 4.78 is 0. The monoisotopic (exact) mass is 438 g/mol. The molecule has 1 heterocycles. The van der Waals surface area contributed by atoms with E-state index in [2.05, 4.69) is 69.7 Å². The molecule has 3 aromatic carbocycles. The molecule has 4 rings (SSSR count). The molecular weight excluding hydrogens is 408 g/mol. The van der Waals surface area contributed by atoms with E-state index in [1.165, 1.54) is 11.4 Å². The Morgan fingerprint density at radius 3 is 2.03 bits per heavy atom. The Bertz CT molecular complexity index is 1010. The summed E-state index contributed by atoms with van der Waals surface area (Å²) in [6.45, 7) is 3.87. The Balaban J connectivity index is 1.25. The van der Waals surface area contributed by atoms with Gasteiger partial charge in [-0.25, -0.2) is 0 Å². The fraction of sp³-hybridized carbons (Fsp3) is 0.286. The molecule has 1 N–H and O–H groups in total. The van der Waals surface area contributed by atoms with Crippen molar-refractivity contribution in [3.63, 3.8) is 0 Å². The van der Waals surface area contributed by atoms with Gasteiger partial charge >= 0.3 is 0 Å². The minimum absolute atomic E-state index is 0.0532. The molecular formula is C28H30N4O. The van der Waals surface area contributed by atoms with Crippen LogP contribution in [0.5, 0.6) is 0 Å². The SMILES string of the molecule is N#Cc1ccc(CC(=O)NC2CCN(CCN(c3ccccc3)c3ccccc3)CC2)cc1. The van der Waals surface area contributed by atoms with Crippen molar-refractivity contribution in [2.45, 2.75) is 25.3 Å². The van der Waals surface area contributed by atoms with Gasteiger partial charge in [-0.15, -0.1) is 0 Å². The zero-order chi connectivity index (χ0) is 22.9. The van der Waals surface area contributed by atoms with E-state index in [9.17, 15) is 4.79 Å². The summed E-state index contributed by atoms with van der Waals surface area (Å²) in [5.41, 5.74) is 3.96. The molecule has 0 spiro atoms. The van der Waals surface area contributed by atoms with Crippen LogP contribution in [0.4, 0.5) is 11.4 Å². The van der Waals surface area contributed by atoms with Gasteiger partial charge in [-0.05, 0) is 54.8 Å². The number of hydrogen-bond acceptors (Lipinski definition) is 4. The van der Waals surface area contributed by atoms with Crippen LogP contribution in [0.15, 0.2) is 84.9 Å². The maximum Gasteiger partial charge on any atom is 0.224 e. The van der Waals surface area contributed by atoms with E-state index in [0.29, 0.717) is 12.0 Å². The average molecular weight is 439 g/mol. The lowest BCUT2D eigenvalue weighted by atomic mass is 10.0. The van der Waals surface area contributed by atoms with Crippen molar-refractivity contribution in [1.82, 2.24) is 10.2 Å². The number of nitrogens with zero attached hydrogens (tertiary/aromatic N) is 3. The Morgan fingerprint density at radius 2 is 1.48 bits per heavy atom. The third kappa shape index (κ3) is 6.44. The van der Waals surface area contributed by atoms with Crippen molar-refractivity contribution in [2.75, 3.05) is 31.1 Å². The van der Waals surface area contributed by atoms with E-state index in [1.54, 1.807) is 12.1 Å². The van der Waals surface area contributed by atoms with Crippen molar-refractivity contribution in [2.24, 2.45) is 0 Å². The molecule has 0 bridgehead atoms. The number of piperidine rings is 1. The summed E-state index contributed by atoms with van der Waals surface area (Å²) in [7, 11) is 0. The molecule has 0 unspecified atom stereocenters. The van der Waals surface area contributed by atoms with Crippen LogP contribution < -0.4 is 10.2 Å². The molecule has 5 heteroatoms. The number of likely N-dealkylation sites (tertiary alicyclic amines) is 1. The average Bonchev–Trinajstić information content (AvgIpc) is 2.87. The highest BCUT2D eigenvalue weighted by Crippen LogP contribution is 2.24. The van der Waals surface area contributed by atoms with Crippen LogP contribution in [0.25, 0.3) is 0 Å². The van der Waals surface area contributed by atoms with Crippen molar-refractivity contribution >= 4 is 17.3 Å². The van der Waals surface area contributed by atoms with Gasteiger partial charge in [-0.2, -0.15) is 5.26 Å². The van der Waals surface area contributed by atoms with E-state index in [1.807, 2.05) is 24.3 Å². The lowest BCUT2D eigenvalue weighted by Gasteiger charge is -2.34. The molecule has 0 saturated carbocycles. The largest absolute Gasteiger partial charge is 0.353 e. The molecule has 0 aromatic heterocycles. The number of para-hydroxylation sites is 2. The molecule has 33 heavy (non-hydrogen) atoms. The quantitative estimate of drug-likeness (QED) is 0.562. The Morgan fingerprint density at radius 1 is 0.909 bits per heavy atom. The number of nitriles is 1. The summed E-state index contributed by atoms with van der Waals surface area (Å²) in [6, 6.07) is 30.6. The van der Waals surface area contributed by atoms with Crippen LogP contribution in [0, 0.1) is 11.3 Å². The maximum atomic E-state index is 12.4. The molecule has 0 atom stereocenters. The van der Waals surface area contributed by atoms with Gasteiger partial charge in [0, 0.05) is 43.6 Å². The number of anilines is 2. The molecule has 5 nitrogen and oxygen atoms in total.